The fourth-order valence-electron chi connectivity index (χ4n) is 2.43. The highest BCUT2D eigenvalue weighted by molar-refractivity contribution is 5.76. The summed E-state index contributed by atoms with van der Waals surface area (Å²) in [7, 11) is 0. The van der Waals surface area contributed by atoms with E-state index in [0.717, 1.165) is 45.5 Å². The highest BCUT2D eigenvalue weighted by Crippen LogP contribution is 2.15. The Bertz CT molecular complexity index is 239. The fourth-order valence-corrected chi connectivity index (χ4v) is 2.43. The van der Waals surface area contributed by atoms with Crippen molar-refractivity contribution in [3.8, 4) is 0 Å². The van der Waals surface area contributed by atoms with Gasteiger partial charge in [0.1, 0.15) is 0 Å². The molecule has 2 unspecified atom stereocenters. The summed E-state index contributed by atoms with van der Waals surface area (Å²) in [6.45, 7) is 5.62. The van der Waals surface area contributed by atoms with Crippen molar-refractivity contribution >= 4 is 5.91 Å². The summed E-state index contributed by atoms with van der Waals surface area (Å²) < 4.78 is 5.59. The van der Waals surface area contributed by atoms with E-state index >= 15 is 0 Å². The molecule has 0 bridgehead atoms. The number of amides is 1. The number of nitrogens with zero attached hydrogens (tertiary/aromatic N) is 1. The molecule has 0 spiro atoms. The van der Waals surface area contributed by atoms with Gasteiger partial charge in [-0.25, -0.2) is 0 Å². The van der Waals surface area contributed by atoms with Gasteiger partial charge in [0.2, 0.25) is 5.91 Å². The zero-order valence-corrected chi connectivity index (χ0v) is 10.1. The predicted octanol–water partition coefficient (Wildman–Crippen LogP) is 0.766. The first-order chi connectivity index (χ1) is 7.75. The number of hydrogen-bond donors (Lipinski definition) is 1. The Morgan fingerprint density at radius 1 is 1.50 bits per heavy atom. The Hall–Kier alpha value is -0.610. The van der Waals surface area contributed by atoms with Gasteiger partial charge in [0.05, 0.1) is 6.10 Å². The van der Waals surface area contributed by atoms with Crippen LogP contribution in [0.2, 0.25) is 0 Å². The van der Waals surface area contributed by atoms with Gasteiger partial charge in [0, 0.05) is 32.2 Å². The minimum absolute atomic E-state index is 0.273. The first-order valence-corrected chi connectivity index (χ1v) is 6.38. The molecule has 0 aliphatic carbocycles. The summed E-state index contributed by atoms with van der Waals surface area (Å²) in [5.74, 6) is 0.273. The lowest BCUT2D eigenvalue weighted by atomic mass is 10.1. The summed E-state index contributed by atoms with van der Waals surface area (Å²) in [5, 5.41) is 3.35. The van der Waals surface area contributed by atoms with Crippen molar-refractivity contribution in [3.63, 3.8) is 0 Å². The third-order valence-electron chi connectivity index (χ3n) is 3.38. The van der Waals surface area contributed by atoms with Gasteiger partial charge in [-0.15, -0.1) is 0 Å². The van der Waals surface area contributed by atoms with E-state index in [1.165, 1.54) is 0 Å². The van der Waals surface area contributed by atoms with Crippen molar-refractivity contribution in [1.82, 2.24) is 10.2 Å². The molecule has 0 aromatic rings. The third-order valence-corrected chi connectivity index (χ3v) is 3.38. The average molecular weight is 226 g/mol. The van der Waals surface area contributed by atoms with Gasteiger partial charge in [-0.3, -0.25) is 4.79 Å². The smallest absolute Gasteiger partial charge is 0.224 e. The molecule has 0 radical (unpaired) electrons. The van der Waals surface area contributed by atoms with Gasteiger partial charge in [-0.1, -0.05) is 0 Å². The SMILES string of the molecule is CC1CC(=O)N(CC2CCCO2)CCCN1. The van der Waals surface area contributed by atoms with Gasteiger partial charge < -0.3 is 15.0 Å². The number of hydrogen-bond acceptors (Lipinski definition) is 3. The highest BCUT2D eigenvalue weighted by Gasteiger charge is 2.24. The van der Waals surface area contributed by atoms with Crippen molar-refractivity contribution < 1.29 is 9.53 Å². The molecule has 92 valence electrons. The lowest BCUT2D eigenvalue weighted by molar-refractivity contribution is -0.133. The van der Waals surface area contributed by atoms with E-state index in [1.807, 2.05) is 4.90 Å². The lowest BCUT2D eigenvalue weighted by Crippen LogP contribution is -2.44. The quantitative estimate of drug-likeness (QED) is 0.756. The molecular weight excluding hydrogens is 204 g/mol. The molecule has 4 nitrogen and oxygen atoms in total. The van der Waals surface area contributed by atoms with Gasteiger partial charge in [-0.2, -0.15) is 0 Å². The Morgan fingerprint density at radius 2 is 2.38 bits per heavy atom. The van der Waals surface area contributed by atoms with E-state index < -0.39 is 0 Å². The van der Waals surface area contributed by atoms with Crippen molar-refractivity contribution in [1.29, 1.82) is 0 Å². The zero-order valence-electron chi connectivity index (χ0n) is 10.1. The fraction of sp³-hybridized carbons (Fsp3) is 0.917. The van der Waals surface area contributed by atoms with E-state index in [0.29, 0.717) is 12.5 Å². The summed E-state index contributed by atoms with van der Waals surface area (Å²) in [6, 6.07) is 0.305. The van der Waals surface area contributed by atoms with Crippen LogP contribution >= 0.6 is 0 Å². The second-order valence-corrected chi connectivity index (χ2v) is 4.89. The molecule has 0 aromatic carbocycles. The van der Waals surface area contributed by atoms with E-state index in [2.05, 4.69) is 12.2 Å². The molecule has 2 aliphatic rings. The maximum Gasteiger partial charge on any atom is 0.224 e. The first kappa shape index (κ1) is 11.9. The Kier molecular flexibility index (Phi) is 4.18. The Balaban J connectivity index is 1.86. The van der Waals surface area contributed by atoms with Crippen LogP contribution in [-0.2, 0) is 9.53 Å². The summed E-state index contributed by atoms with van der Waals surface area (Å²) in [5.41, 5.74) is 0. The molecule has 1 amide bonds. The van der Waals surface area contributed by atoms with Gasteiger partial charge in [0.25, 0.3) is 0 Å². The van der Waals surface area contributed by atoms with E-state index in [-0.39, 0.29) is 12.0 Å². The van der Waals surface area contributed by atoms with Gasteiger partial charge >= 0.3 is 0 Å². The van der Waals surface area contributed by atoms with Crippen molar-refractivity contribution in [3.05, 3.63) is 0 Å². The highest BCUT2D eigenvalue weighted by atomic mass is 16.5. The molecule has 16 heavy (non-hydrogen) atoms. The van der Waals surface area contributed by atoms with E-state index in [4.69, 9.17) is 4.74 Å². The average Bonchev–Trinajstić information content (AvgIpc) is 2.73. The van der Waals surface area contributed by atoms with Gasteiger partial charge in [0.15, 0.2) is 0 Å². The molecular formula is C12H22N2O2. The third kappa shape index (κ3) is 3.19. The van der Waals surface area contributed by atoms with Crippen LogP contribution in [0.15, 0.2) is 0 Å². The van der Waals surface area contributed by atoms with Crippen molar-refractivity contribution in [2.45, 2.75) is 44.8 Å². The maximum atomic E-state index is 12.0. The molecule has 2 atom stereocenters. The Labute approximate surface area is 97.3 Å². The summed E-state index contributed by atoms with van der Waals surface area (Å²) >= 11 is 0. The van der Waals surface area contributed by atoms with E-state index in [1.54, 1.807) is 0 Å². The molecule has 2 saturated heterocycles. The molecule has 2 heterocycles. The minimum atomic E-state index is 0.273. The number of nitrogens with one attached hydrogen (secondary N) is 1. The topological polar surface area (TPSA) is 41.6 Å². The molecule has 2 aliphatic heterocycles. The number of carbonyl (C=O) groups excluding carboxylic acids is 1. The standard InChI is InChI=1S/C12H22N2O2/c1-10-8-12(15)14(6-3-5-13-10)9-11-4-2-7-16-11/h10-11,13H,2-9H2,1H3. The van der Waals surface area contributed by atoms with Crippen molar-refractivity contribution in [2.24, 2.45) is 0 Å². The normalized spacial score (nSPS) is 32.6. The molecule has 0 saturated carbocycles. The zero-order chi connectivity index (χ0) is 11.4. The Morgan fingerprint density at radius 3 is 3.12 bits per heavy atom. The van der Waals surface area contributed by atoms with Gasteiger partial charge in [-0.05, 0) is 32.7 Å². The second kappa shape index (κ2) is 5.64. The predicted molar refractivity (Wildman–Crippen MR) is 62.3 cm³/mol. The number of carbonyl (C=O) groups is 1. The van der Waals surface area contributed by atoms with Crippen LogP contribution in [-0.4, -0.2) is 49.2 Å². The lowest BCUT2D eigenvalue weighted by Gasteiger charge is -2.29. The monoisotopic (exact) mass is 226 g/mol. The largest absolute Gasteiger partial charge is 0.376 e. The number of rotatable bonds is 2. The van der Waals surface area contributed by atoms with Crippen molar-refractivity contribution in [2.75, 3.05) is 26.2 Å². The van der Waals surface area contributed by atoms with E-state index in [9.17, 15) is 4.79 Å². The molecule has 2 rings (SSSR count). The first-order valence-electron chi connectivity index (χ1n) is 6.38. The molecule has 4 heteroatoms. The molecule has 2 fully saturated rings. The van der Waals surface area contributed by atoms with Crippen LogP contribution in [0.25, 0.3) is 0 Å². The van der Waals surface area contributed by atoms with Crippen LogP contribution in [0.3, 0.4) is 0 Å². The molecule has 0 aromatic heterocycles. The van der Waals surface area contributed by atoms with Crippen LogP contribution < -0.4 is 5.32 Å². The molecule has 1 N–H and O–H groups in total. The second-order valence-electron chi connectivity index (χ2n) is 4.89. The maximum absolute atomic E-state index is 12.0. The number of ether oxygens (including phenoxy) is 1. The summed E-state index contributed by atoms with van der Waals surface area (Å²) in [4.78, 5) is 14.0. The minimum Gasteiger partial charge on any atom is -0.376 e. The van der Waals surface area contributed by atoms with Crippen LogP contribution in [0.5, 0.6) is 0 Å². The van der Waals surface area contributed by atoms with Crippen LogP contribution in [0, 0.1) is 0 Å². The van der Waals surface area contributed by atoms with Crippen LogP contribution in [0.1, 0.15) is 32.6 Å². The van der Waals surface area contributed by atoms with Crippen LogP contribution in [0.4, 0.5) is 0 Å². The summed E-state index contributed by atoms with van der Waals surface area (Å²) in [6.07, 6.45) is 4.20.